The number of aromatic nitrogens is 4. The molecule has 1 aliphatic heterocycles. The van der Waals surface area contributed by atoms with E-state index >= 15 is 0 Å². The number of nitrogens with two attached hydrogens (primary N) is 2. The first-order valence-electron chi connectivity index (χ1n) is 19.5. The summed E-state index contributed by atoms with van der Waals surface area (Å²) in [7, 11) is 0. The number of carbonyl (C=O) groups excluding carboxylic acids is 7. The Morgan fingerprint density at radius 3 is 1.75 bits per heavy atom. The van der Waals surface area contributed by atoms with E-state index in [9.17, 15) is 53.4 Å². The van der Waals surface area contributed by atoms with Crippen LogP contribution in [0.25, 0.3) is 0 Å². The van der Waals surface area contributed by atoms with Crippen molar-refractivity contribution < 1.29 is 53.4 Å². The van der Waals surface area contributed by atoms with Gasteiger partial charge in [-0.1, -0.05) is 27.7 Å². The molecule has 2 aromatic heterocycles. The number of hydrogen-bond donors (Lipinski definition) is 11. The van der Waals surface area contributed by atoms with E-state index in [1.54, 1.807) is 0 Å². The lowest BCUT2D eigenvalue weighted by Crippen LogP contribution is -2.60. The van der Waals surface area contributed by atoms with Gasteiger partial charge < -0.3 is 63.1 Å². The number of aliphatic carboxylic acids is 2. The highest BCUT2D eigenvalue weighted by molar-refractivity contribution is 5.98. The van der Waals surface area contributed by atoms with Gasteiger partial charge in [-0.2, -0.15) is 0 Å². The largest absolute Gasteiger partial charge is 0.481 e. The number of carbonyl (C=O) groups is 9. The number of hydrogen-bond acceptors (Lipinski definition) is 12. The van der Waals surface area contributed by atoms with Gasteiger partial charge in [-0.3, -0.25) is 38.4 Å². The van der Waals surface area contributed by atoms with Crippen LogP contribution in [0.3, 0.4) is 0 Å². The van der Waals surface area contributed by atoms with E-state index in [1.807, 2.05) is 27.7 Å². The molecule has 23 heteroatoms. The summed E-state index contributed by atoms with van der Waals surface area (Å²) in [6.45, 7) is 7.45. The summed E-state index contributed by atoms with van der Waals surface area (Å²) in [5.74, 6) is -9.07. The lowest BCUT2D eigenvalue weighted by Gasteiger charge is -2.30. The molecule has 0 aromatic carbocycles. The Morgan fingerprint density at radius 2 is 1.23 bits per heavy atom. The quantitative estimate of drug-likeness (QED) is 0.0508. The van der Waals surface area contributed by atoms with Crippen molar-refractivity contribution in [3.05, 3.63) is 36.4 Å². The molecule has 0 aliphatic carbocycles. The second-order valence-electron chi connectivity index (χ2n) is 15.5. The molecular formula is C37H56N12O11. The van der Waals surface area contributed by atoms with Crippen LogP contribution in [0.4, 0.5) is 0 Å². The second-order valence-corrected chi connectivity index (χ2v) is 15.5. The van der Waals surface area contributed by atoms with E-state index in [-0.39, 0.29) is 44.1 Å². The SMILES string of the molecule is CC(C)C[C@H](N)C(=O)N[C@H](CC(C)C)C(=O)N[C@@H](Cc1cnc[nH]1)C(=O)N[C@@H](CC(=O)O)C(=O)N[C@@H](Cc1cnc[nH]1)C(=O)N1CCC[C@H]1C(=O)N[C@@H](CC(N)=O)C(=O)O. The number of nitrogens with one attached hydrogen (secondary N) is 7. The Bertz CT molecular complexity index is 1820. The molecule has 0 saturated carbocycles. The molecule has 60 heavy (non-hydrogen) atoms. The fourth-order valence-electron chi connectivity index (χ4n) is 6.61. The summed E-state index contributed by atoms with van der Waals surface area (Å²) in [6.07, 6.45) is 4.27. The van der Waals surface area contributed by atoms with Gasteiger partial charge in [0.1, 0.15) is 36.3 Å². The summed E-state index contributed by atoms with van der Waals surface area (Å²) in [5, 5.41) is 31.7. The highest BCUT2D eigenvalue weighted by Crippen LogP contribution is 2.20. The first kappa shape index (κ1) is 48.0. The van der Waals surface area contributed by atoms with Gasteiger partial charge in [0.15, 0.2) is 0 Å². The molecule has 1 aliphatic rings. The molecule has 330 valence electrons. The molecule has 7 atom stereocenters. The van der Waals surface area contributed by atoms with Gasteiger partial charge in [0.2, 0.25) is 41.4 Å². The molecule has 0 unspecified atom stereocenters. The molecule has 3 rings (SSSR count). The zero-order chi connectivity index (χ0) is 44.7. The summed E-state index contributed by atoms with van der Waals surface area (Å²) in [4.78, 5) is 132. The maximum atomic E-state index is 14.1. The molecule has 0 spiro atoms. The lowest BCUT2D eigenvalue weighted by molar-refractivity contribution is -0.146. The van der Waals surface area contributed by atoms with Gasteiger partial charge in [0.25, 0.3) is 0 Å². The van der Waals surface area contributed by atoms with E-state index in [1.165, 1.54) is 25.0 Å². The molecule has 13 N–H and O–H groups in total. The number of imidazole rings is 2. The summed E-state index contributed by atoms with van der Waals surface area (Å²) in [5.41, 5.74) is 11.9. The van der Waals surface area contributed by atoms with E-state index in [0.717, 1.165) is 4.90 Å². The van der Waals surface area contributed by atoms with Crippen molar-refractivity contribution in [1.29, 1.82) is 0 Å². The predicted molar refractivity (Wildman–Crippen MR) is 210 cm³/mol. The fourth-order valence-corrected chi connectivity index (χ4v) is 6.61. The normalized spacial score (nSPS) is 16.8. The van der Waals surface area contributed by atoms with Crippen LogP contribution in [0, 0.1) is 11.8 Å². The number of nitrogens with zero attached hydrogens (tertiary/aromatic N) is 3. The van der Waals surface area contributed by atoms with Crippen molar-refractivity contribution in [3.8, 4) is 0 Å². The van der Waals surface area contributed by atoms with Gasteiger partial charge in [-0.15, -0.1) is 0 Å². The maximum absolute atomic E-state index is 14.1. The average Bonchev–Trinajstić information content (AvgIpc) is 3.96. The monoisotopic (exact) mass is 844 g/mol. The number of carboxylic acids is 2. The van der Waals surface area contributed by atoms with Gasteiger partial charge >= 0.3 is 11.9 Å². The summed E-state index contributed by atoms with van der Waals surface area (Å²) < 4.78 is 0. The van der Waals surface area contributed by atoms with Crippen LogP contribution in [-0.4, -0.2) is 137 Å². The van der Waals surface area contributed by atoms with E-state index in [4.69, 9.17) is 11.5 Å². The number of primary amides is 1. The number of carboxylic acid groups (broad SMARTS) is 2. The first-order valence-corrected chi connectivity index (χ1v) is 19.5. The maximum Gasteiger partial charge on any atom is 0.326 e. The van der Waals surface area contributed by atoms with E-state index in [2.05, 4.69) is 46.5 Å². The van der Waals surface area contributed by atoms with Crippen LogP contribution >= 0.6 is 0 Å². The minimum absolute atomic E-state index is 0.0199. The topological polar surface area (TPSA) is 367 Å². The Balaban J connectivity index is 1.87. The average molecular weight is 845 g/mol. The molecule has 2 aromatic rings. The molecule has 0 radical (unpaired) electrons. The number of H-pyrrole nitrogens is 2. The highest BCUT2D eigenvalue weighted by atomic mass is 16.4. The van der Waals surface area contributed by atoms with Crippen LogP contribution in [0.2, 0.25) is 0 Å². The van der Waals surface area contributed by atoms with Gasteiger partial charge in [0, 0.05) is 43.2 Å². The third-order valence-electron chi connectivity index (χ3n) is 9.48. The first-order chi connectivity index (χ1) is 28.2. The smallest absolute Gasteiger partial charge is 0.326 e. The Kier molecular flexibility index (Phi) is 18.1. The molecule has 23 nitrogen and oxygen atoms in total. The summed E-state index contributed by atoms with van der Waals surface area (Å²) >= 11 is 0. The minimum atomic E-state index is -1.81. The molecule has 7 amide bonds. The number of aromatic amines is 2. The third-order valence-corrected chi connectivity index (χ3v) is 9.48. The molecule has 3 heterocycles. The van der Waals surface area contributed by atoms with E-state index < -0.39 is 108 Å². The Morgan fingerprint density at radius 1 is 0.717 bits per heavy atom. The summed E-state index contributed by atoms with van der Waals surface area (Å²) in [6, 6.07) is -9.60. The van der Waals surface area contributed by atoms with Gasteiger partial charge in [-0.05, 0) is 37.5 Å². The van der Waals surface area contributed by atoms with Crippen molar-refractivity contribution in [1.82, 2.24) is 51.4 Å². The van der Waals surface area contributed by atoms with Crippen molar-refractivity contribution in [3.63, 3.8) is 0 Å². The number of amides is 7. The number of rotatable bonds is 24. The molecular weight excluding hydrogens is 788 g/mol. The lowest BCUT2D eigenvalue weighted by atomic mass is 10.00. The van der Waals surface area contributed by atoms with Crippen molar-refractivity contribution in [2.24, 2.45) is 23.3 Å². The second kappa shape index (κ2) is 22.7. The Labute approximate surface area is 345 Å². The van der Waals surface area contributed by atoms with Crippen LogP contribution < -0.4 is 38.1 Å². The van der Waals surface area contributed by atoms with Crippen LogP contribution in [0.1, 0.15) is 77.6 Å². The van der Waals surface area contributed by atoms with Crippen molar-refractivity contribution in [2.45, 2.75) is 121 Å². The van der Waals surface area contributed by atoms with Crippen LogP contribution in [0.5, 0.6) is 0 Å². The third kappa shape index (κ3) is 15.1. The number of likely N-dealkylation sites (tertiary alicyclic amines) is 1. The minimum Gasteiger partial charge on any atom is -0.481 e. The molecule has 0 bridgehead atoms. The molecule has 1 saturated heterocycles. The van der Waals surface area contributed by atoms with Crippen molar-refractivity contribution >= 4 is 53.3 Å². The zero-order valence-electron chi connectivity index (χ0n) is 33.9. The fraction of sp³-hybridized carbons (Fsp3) is 0.595. The predicted octanol–water partition coefficient (Wildman–Crippen LogP) is -2.81. The van der Waals surface area contributed by atoms with E-state index in [0.29, 0.717) is 24.2 Å². The molecule has 1 fully saturated rings. The highest BCUT2D eigenvalue weighted by Gasteiger charge is 2.40. The standard InChI is InChI=1S/C37H56N12O11/c1-18(2)8-22(38)31(53)44-23(9-19(3)4)32(54)45-24(10-20-14-40-16-42-20)33(55)46-25(13-30(51)52)34(56)47-26(11-21-15-41-17-43-21)36(58)49-7-5-6-28(49)35(57)48-27(37(59)60)12-29(39)50/h14-19,22-28H,5-13,38H2,1-4H3,(H2,39,50)(H,40,42)(H,41,43)(H,44,53)(H,45,54)(H,46,55)(H,47,56)(H,48,57)(H,51,52)(H,59,60)/t22-,23+,24-,25-,26-,27-,28-/m0/s1. The van der Waals surface area contributed by atoms with Crippen LogP contribution in [0.15, 0.2) is 25.0 Å². The van der Waals surface area contributed by atoms with Crippen LogP contribution in [-0.2, 0) is 56.0 Å². The zero-order valence-corrected chi connectivity index (χ0v) is 33.9. The van der Waals surface area contributed by atoms with Crippen molar-refractivity contribution in [2.75, 3.05) is 6.54 Å². The Hall–Kier alpha value is -6.39. The van der Waals surface area contributed by atoms with Gasteiger partial charge in [0.05, 0.1) is 31.5 Å². The van der Waals surface area contributed by atoms with Gasteiger partial charge in [-0.25, -0.2) is 14.8 Å².